The van der Waals surface area contributed by atoms with Gasteiger partial charge in [0, 0.05) is 25.6 Å². The molecule has 220 valence electrons. The van der Waals surface area contributed by atoms with Crippen molar-refractivity contribution in [2.45, 2.75) is 32.0 Å². The molecule has 0 radical (unpaired) electrons. The predicted octanol–water partition coefficient (Wildman–Crippen LogP) is 6.60. The van der Waals surface area contributed by atoms with Crippen LogP contribution < -0.4 is 9.47 Å². The number of methoxy groups -OCH3 is 1. The molecule has 2 fully saturated rings. The summed E-state index contributed by atoms with van der Waals surface area (Å²) >= 11 is 0. The normalized spacial score (nSPS) is 21.9. The van der Waals surface area contributed by atoms with Crippen LogP contribution in [0.3, 0.4) is 0 Å². The zero-order chi connectivity index (χ0) is 29.8. The van der Waals surface area contributed by atoms with Crippen molar-refractivity contribution in [2.75, 3.05) is 26.8 Å². The maximum Gasteiger partial charge on any atom is 0.417 e. The van der Waals surface area contributed by atoms with E-state index in [0.29, 0.717) is 37.7 Å². The number of rotatable bonds is 9. The zero-order valence-electron chi connectivity index (χ0n) is 24.5. The van der Waals surface area contributed by atoms with Crippen molar-refractivity contribution >= 4 is 12.0 Å². The van der Waals surface area contributed by atoms with Crippen molar-refractivity contribution in [1.82, 2.24) is 9.80 Å². The third-order valence-electron chi connectivity index (χ3n) is 8.60. The largest absolute Gasteiger partial charge is 0.493 e. The van der Waals surface area contributed by atoms with Crippen molar-refractivity contribution in [3.8, 4) is 11.5 Å². The van der Waals surface area contributed by atoms with Crippen LogP contribution in [0.1, 0.15) is 41.1 Å². The topological polar surface area (TPSA) is 68.3 Å². The monoisotopic (exact) mass is 576 g/mol. The van der Waals surface area contributed by atoms with Crippen molar-refractivity contribution in [3.05, 3.63) is 131 Å². The van der Waals surface area contributed by atoms with Gasteiger partial charge in [-0.1, -0.05) is 97.1 Å². The Bertz CT molecular complexity index is 1560. The van der Waals surface area contributed by atoms with Gasteiger partial charge in [-0.25, -0.2) is 9.69 Å². The molecule has 0 unspecified atom stereocenters. The van der Waals surface area contributed by atoms with Crippen LogP contribution in [0.4, 0.5) is 4.79 Å². The van der Waals surface area contributed by atoms with E-state index in [4.69, 9.17) is 14.2 Å². The molecule has 0 spiro atoms. The van der Waals surface area contributed by atoms with Crippen LogP contribution in [0.2, 0.25) is 0 Å². The Kier molecular flexibility index (Phi) is 8.16. The van der Waals surface area contributed by atoms with Crippen LogP contribution in [0.25, 0.3) is 0 Å². The van der Waals surface area contributed by atoms with Crippen molar-refractivity contribution < 1.29 is 23.8 Å². The summed E-state index contributed by atoms with van der Waals surface area (Å²) in [6, 6.07) is 35.3. The predicted molar refractivity (Wildman–Crippen MR) is 164 cm³/mol. The molecular weight excluding hydrogens is 540 g/mol. The van der Waals surface area contributed by atoms with Crippen molar-refractivity contribution in [3.63, 3.8) is 0 Å². The molecule has 4 aromatic rings. The van der Waals surface area contributed by atoms with E-state index in [0.717, 1.165) is 16.7 Å². The van der Waals surface area contributed by atoms with Gasteiger partial charge in [0.05, 0.1) is 12.5 Å². The van der Waals surface area contributed by atoms with Crippen LogP contribution in [0.5, 0.6) is 11.5 Å². The van der Waals surface area contributed by atoms with Crippen LogP contribution >= 0.6 is 0 Å². The SMILES string of the molecule is COc1ccc([C@@H]2CN(Cc3ccccc3)C[C@@]2(C)C(=O)N2C(=O)OC[C@H]2c2ccccc2)cc1OCc1ccccc1. The summed E-state index contributed by atoms with van der Waals surface area (Å²) in [7, 11) is 1.62. The lowest BCUT2D eigenvalue weighted by Crippen LogP contribution is -2.47. The highest BCUT2D eigenvalue weighted by molar-refractivity contribution is 5.97. The minimum atomic E-state index is -0.906. The zero-order valence-corrected chi connectivity index (χ0v) is 24.5. The molecule has 2 aliphatic heterocycles. The standard InChI is InChI=1S/C36H36N2O5/c1-36(34(39)38-31(24-43-35(38)40)28-16-10-5-11-17-28)25-37(21-26-12-6-3-7-13-26)22-30(36)29-18-19-32(41-2)33(20-29)42-23-27-14-8-4-9-15-27/h3-20,30-31H,21-25H2,1-2H3/t30-,31-,36+/m0/s1. The summed E-state index contributed by atoms with van der Waals surface area (Å²) in [4.78, 5) is 31.3. The lowest BCUT2D eigenvalue weighted by atomic mass is 9.74. The molecule has 0 N–H and O–H groups in total. The number of cyclic esters (lactones) is 1. The molecule has 2 saturated heterocycles. The number of carbonyl (C=O) groups excluding carboxylic acids is 2. The lowest BCUT2D eigenvalue weighted by molar-refractivity contribution is -0.139. The van der Waals surface area contributed by atoms with Gasteiger partial charge in [-0.3, -0.25) is 9.69 Å². The Morgan fingerprint density at radius 2 is 1.51 bits per heavy atom. The van der Waals surface area contributed by atoms with E-state index in [9.17, 15) is 9.59 Å². The van der Waals surface area contributed by atoms with Gasteiger partial charge in [0.25, 0.3) is 0 Å². The summed E-state index contributed by atoms with van der Waals surface area (Å²) in [5, 5.41) is 0. The second-order valence-corrected chi connectivity index (χ2v) is 11.5. The van der Waals surface area contributed by atoms with E-state index >= 15 is 0 Å². The van der Waals surface area contributed by atoms with Crippen LogP contribution in [-0.2, 0) is 22.7 Å². The quantitative estimate of drug-likeness (QED) is 0.224. The highest BCUT2D eigenvalue weighted by Crippen LogP contribution is 2.48. The lowest BCUT2D eigenvalue weighted by Gasteiger charge is -2.34. The summed E-state index contributed by atoms with van der Waals surface area (Å²) < 4.78 is 17.3. The van der Waals surface area contributed by atoms with E-state index in [1.165, 1.54) is 10.5 Å². The molecule has 0 aliphatic carbocycles. The third kappa shape index (κ3) is 5.86. The fraction of sp³-hybridized carbons (Fsp3) is 0.278. The molecule has 0 bridgehead atoms. The molecule has 7 nitrogen and oxygen atoms in total. The van der Waals surface area contributed by atoms with Gasteiger partial charge in [-0.15, -0.1) is 0 Å². The molecule has 2 heterocycles. The summed E-state index contributed by atoms with van der Waals surface area (Å²) in [5.74, 6) is 0.799. The first-order chi connectivity index (χ1) is 21.0. The van der Waals surface area contributed by atoms with E-state index in [1.54, 1.807) is 7.11 Å². The summed E-state index contributed by atoms with van der Waals surface area (Å²) in [6.07, 6.45) is -0.595. The van der Waals surface area contributed by atoms with Gasteiger partial charge in [-0.05, 0) is 41.3 Å². The van der Waals surface area contributed by atoms with Gasteiger partial charge in [0.1, 0.15) is 19.3 Å². The number of nitrogens with zero attached hydrogens (tertiary/aromatic N) is 2. The Balaban J connectivity index is 1.35. The molecule has 3 atom stereocenters. The number of likely N-dealkylation sites (tertiary alicyclic amines) is 1. The average Bonchev–Trinajstić information content (AvgIpc) is 3.60. The van der Waals surface area contributed by atoms with Gasteiger partial charge in [-0.2, -0.15) is 0 Å². The Hall–Kier alpha value is -4.62. The number of amides is 2. The fourth-order valence-electron chi connectivity index (χ4n) is 6.35. The van der Waals surface area contributed by atoms with E-state index < -0.39 is 17.6 Å². The molecule has 0 aromatic heterocycles. The van der Waals surface area contributed by atoms with Gasteiger partial charge < -0.3 is 14.2 Å². The summed E-state index contributed by atoms with van der Waals surface area (Å²) in [6.45, 7) is 4.33. The highest BCUT2D eigenvalue weighted by atomic mass is 16.6. The van der Waals surface area contributed by atoms with E-state index in [-0.39, 0.29) is 18.4 Å². The first-order valence-electron chi connectivity index (χ1n) is 14.6. The number of imide groups is 1. The van der Waals surface area contributed by atoms with E-state index in [1.807, 2.05) is 104 Å². The molecule has 4 aromatic carbocycles. The molecule has 6 rings (SSSR count). The van der Waals surface area contributed by atoms with Gasteiger partial charge >= 0.3 is 6.09 Å². The number of ether oxygens (including phenoxy) is 3. The summed E-state index contributed by atoms with van der Waals surface area (Å²) in [5.41, 5.74) is 3.14. The van der Waals surface area contributed by atoms with Crippen molar-refractivity contribution in [2.24, 2.45) is 5.41 Å². The number of carbonyl (C=O) groups is 2. The average molecular weight is 577 g/mol. The molecule has 2 aliphatic rings. The number of hydrogen-bond donors (Lipinski definition) is 0. The highest BCUT2D eigenvalue weighted by Gasteiger charge is 2.54. The number of hydrogen-bond acceptors (Lipinski definition) is 6. The molecule has 0 saturated carbocycles. The minimum Gasteiger partial charge on any atom is -0.493 e. The maximum atomic E-state index is 14.6. The van der Waals surface area contributed by atoms with Gasteiger partial charge in [0.2, 0.25) is 5.91 Å². The van der Waals surface area contributed by atoms with Crippen molar-refractivity contribution in [1.29, 1.82) is 0 Å². The van der Waals surface area contributed by atoms with Crippen LogP contribution in [0.15, 0.2) is 109 Å². The molecule has 43 heavy (non-hydrogen) atoms. The Morgan fingerprint density at radius 1 is 0.860 bits per heavy atom. The van der Waals surface area contributed by atoms with Gasteiger partial charge in [0.15, 0.2) is 11.5 Å². The maximum absolute atomic E-state index is 14.6. The van der Waals surface area contributed by atoms with Crippen LogP contribution in [0, 0.1) is 5.41 Å². The smallest absolute Gasteiger partial charge is 0.417 e. The Labute approximate surface area is 252 Å². The number of benzene rings is 4. The van der Waals surface area contributed by atoms with Crippen LogP contribution in [-0.4, -0.2) is 48.6 Å². The minimum absolute atomic E-state index is 0.142. The van der Waals surface area contributed by atoms with E-state index in [2.05, 4.69) is 17.0 Å². The molecular formula is C36H36N2O5. The second-order valence-electron chi connectivity index (χ2n) is 11.5. The Morgan fingerprint density at radius 3 is 2.19 bits per heavy atom. The third-order valence-corrected chi connectivity index (χ3v) is 8.60. The first kappa shape index (κ1) is 28.5. The first-order valence-corrected chi connectivity index (χ1v) is 14.6. The second kappa shape index (κ2) is 12.3. The fourth-order valence-corrected chi connectivity index (χ4v) is 6.35. The molecule has 7 heteroatoms. The molecule has 2 amide bonds.